The lowest BCUT2D eigenvalue weighted by Gasteiger charge is -2.02. The van der Waals surface area contributed by atoms with Gasteiger partial charge in [-0.05, 0) is 6.92 Å². The number of aryl methyl sites for hydroxylation is 2. The summed E-state index contributed by atoms with van der Waals surface area (Å²) in [5.41, 5.74) is 0.938. The van der Waals surface area contributed by atoms with Crippen LogP contribution >= 0.6 is 0 Å². The summed E-state index contributed by atoms with van der Waals surface area (Å²) in [6.45, 7) is 3.26. The van der Waals surface area contributed by atoms with Crippen molar-refractivity contribution in [3.63, 3.8) is 0 Å². The van der Waals surface area contributed by atoms with Crippen molar-refractivity contribution in [3.05, 3.63) is 23.4 Å². The van der Waals surface area contributed by atoms with Crippen molar-refractivity contribution in [3.8, 4) is 5.88 Å². The van der Waals surface area contributed by atoms with Gasteiger partial charge in [0.15, 0.2) is 0 Å². The summed E-state index contributed by atoms with van der Waals surface area (Å²) >= 11 is 0. The Morgan fingerprint density at radius 2 is 2.06 bits per heavy atom. The van der Waals surface area contributed by atoms with Crippen LogP contribution in [0.5, 0.6) is 5.88 Å². The van der Waals surface area contributed by atoms with Crippen molar-refractivity contribution >= 4 is 0 Å². The van der Waals surface area contributed by atoms with Gasteiger partial charge in [-0.3, -0.25) is 0 Å². The molecule has 2 rings (SSSR count). The summed E-state index contributed by atoms with van der Waals surface area (Å²) < 4.78 is 8.83. The maximum absolute atomic E-state index is 5.16. The maximum atomic E-state index is 5.16. The van der Waals surface area contributed by atoms with Crippen molar-refractivity contribution in [2.75, 3.05) is 7.11 Å². The number of nitrogens with zero attached hydrogens (tertiary/aromatic N) is 5. The van der Waals surface area contributed by atoms with Gasteiger partial charge in [0.05, 0.1) is 19.3 Å². The molecule has 0 saturated heterocycles. The summed E-state index contributed by atoms with van der Waals surface area (Å²) in [7, 11) is 5.45. The van der Waals surface area contributed by atoms with Gasteiger partial charge in [-0.1, -0.05) is 0 Å². The molecule has 0 fully saturated rings. The van der Waals surface area contributed by atoms with E-state index in [0.29, 0.717) is 13.1 Å². The highest BCUT2D eigenvalue weighted by Gasteiger charge is 2.06. The fraction of sp³-hybridized carbons (Fsp3) is 0.545. The second kappa shape index (κ2) is 5.18. The van der Waals surface area contributed by atoms with Gasteiger partial charge in [0.1, 0.15) is 11.6 Å². The van der Waals surface area contributed by atoms with Crippen LogP contribution in [0.1, 0.15) is 17.3 Å². The van der Waals surface area contributed by atoms with Crippen LogP contribution in [0, 0.1) is 6.92 Å². The van der Waals surface area contributed by atoms with Crippen LogP contribution < -0.4 is 10.1 Å². The van der Waals surface area contributed by atoms with E-state index >= 15 is 0 Å². The maximum Gasteiger partial charge on any atom is 0.211 e. The molecule has 0 bridgehead atoms. The highest BCUT2D eigenvalue weighted by atomic mass is 16.5. The average Bonchev–Trinajstić information content (AvgIpc) is 2.86. The Kier molecular flexibility index (Phi) is 3.61. The fourth-order valence-corrected chi connectivity index (χ4v) is 1.69. The van der Waals surface area contributed by atoms with Crippen LogP contribution in [-0.4, -0.2) is 31.7 Å². The third kappa shape index (κ3) is 2.51. The minimum absolute atomic E-state index is 0.663. The van der Waals surface area contributed by atoms with E-state index in [2.05, 4.69) is 20.6 Å². The van der Waals surface area contributed by atoms with Crippen LogP contribution in [0.4, 0.5) is 0 Å². The zero-order chi connectivity index (χ0) is 13.1. The van der Waals surface area contributed by atoms with Crippen LogP contribution in [0.2, 0.25) is 0 Å². The molecule has 2 heterocycles. The SMILES string of the molecule is COc1cc(CNCc2nnc(C)n2C)nn1C. The highest BCUT2D eigenvalue weighted by molar-refractivity contribution is 5.15. The lowest BCUT2D eigenvalue weighted by atomic mass is 10.4. The van der Waals surface area contributed by atoms with Gasteiger partial charge in [-0.2, -0.15) is 5.10 Å². The minimum Gasteiger partial charge on any atom is -0.481 e. The molecule has 0 aliphatic carbocycles. The van der Waals surface area contributed by atoms with E-state index in [1.807, 2.05) is 31.7 Å². The van der Waals surface area contributed by atoms with Crippen LogP contribution in [0.3, 0.4) is 0 Å². The Hall–Kier alpha value is -1.89. The molecule has 7 nitrogen and oxygen atoms in total. The van der Waals surface area contributed by atoms with Crippen molar-refractivity contribution in [2.24, 2.45) is 14.1 Å². The molecule has 7 heteroatoms. The first-order chi connectivity index (χ1) is 8.61. The Balaban J connectivity index is 1.90. The van der Waals surface area contributed by atoms with Crippen LogP contribution in [-0.2, 0) is 27.2 Å². The molecular weight excluding hydrogens is 232 g/mol. The molecule has 0 spiro atoms. The first-order valence-electron chi connectivity index (χ1n) is 5.74. The second-order valence-corrected chi connectivity index (χ2v) is 4.13. The van der Waals surface area contributed by atoms with Crippen molar-refractivity contribution in [2.45, 2.75) is 20.0 Å². The summed E-state index contributed by atoms with van der Waals surface area (Å²) in [5.74, 6) is 2.57. The zero-order valence-corrected chi connectivity index (χ0v) is 11.1. The molecule has 0 aromatic carbocycles. The minimum atomic E-state index is 0.663. The fourth-order valence-electron chi connectivity index (χ4n) is 1.69. The van der Waals surface area contributed by atoms with Gasteiger partial charge >= 0.3 is 0 Å². The topological polar surface area (TPSA) is 69.8 Å². The largest absolute Gasteiger partial charge is 0.481 e. The number of ether oxygens (including phenoxy) is 1. The van der Waals surface area contributed by atoms with Crippen LogP contribution in [0.25, 0.3) is 0 Å². The summed E-state index contributed by atoms with van der Waals surface area (Å²) in [6, 6.07) is 1.91. The number of hydrogen-bond acceptors (Lipinski definition) is 5. The van der Waals surface area contributed by atoms with Crippen molar-refractivity contribution < 1.29 is 4.74 Å². The quantitative estimate of drug-likeness (QED) is 0.818. The van der Waals surface area contributed by atoms with Gasteiger partial charge < -0.3 is 14.6 Å². The van der Waals surface area contributed by atoms with E-state index in [1.165, 1.54) is 0 Å². The van der Waals surface area contributed by atoms with Gasteiger partial charge in [-0.15, -0.1) is 10.2 Å². The van der Waals surface area contributed by atoms with E-state index in [0.717, 1.165) is 23.2 Å². The normalized spacial score (nSPS) is 10.9. The third-order valence-electron chi connectivity index (χ3n) is 2.87. The molecular formula is C11H18N6O. The molecule has 98 valence electrons. The smallest absolute Gasteiger partial charge is 0.211 e. The molecule has 0 amide bonds. The predicted molar refractivity (Wildman–Crippen MR) is 66.0 cm³/mol. The summed E-state index contributed by atoms with van der Waals surface area (Å²) in [5, 5.41) is 15.7. The van der Waals surface area contributed by atoms with E-state index in [1.54, 1.807) is 11.8 Å². The molecule has 0 aliphatic rings. The molecule has 2 aromatic heterocycles. The monoisotopic (exact) mass is 250 g/mol. The molecule has 0 atom stereocenters. The number of aromatic nitrogens is 5. The molecule has 0 saturated carbocycles. The van der Waals surface area contributed by atoms with E-state index < -0.39 is 0 Å². The lowest BCUT2D eigenvalue weighted by Crippen LogP contribution is -2.16. The first kappa shape index (κ1) is 12.6. The first-order valence-corrected chi connectivity index (χ1v) is 5.74. The molecule has 1 N–H and O–H groups in total. The zero-order valence-electron chi connectivity index (χ0n) is 11.1. The number of nitrogens with one attached hydrogen (secondary N) is 1. The van der Waals surface area contributed by atoms with Crippen molar-refractivity contribution in [1.82, 2.24) is 29.9 Å². The predicted octanol–water partition coefficient (Wildman–Crippen LogP) is 0.155. The van der Waals surface area contributed by atoms with Crippen molar-refractivity contribution in [1.29, 1.82) is 0 Å². The van der Waals surface area contributed by atoms with Gasteiger partial charge in [0.2, 0.25) is 5.88 Å². The average molecular weight is 250 g/mol. The molecule has 18 heavy (non-hydrogen) atoms. The molecule has 2 aromatic rings. The molecule has 0 aliphatic heterocycles. The third-order valence-corrected chi connectivity index (χ3v) is 2.87. The Labute approximate surface area is 106 Å². The molecule has 0 unspecified atom stereocenters. The van der Waals surface area contributed by atoms with Gasteiger partial charge in [-0.25, -0.2) is 4.68 Å². The number of rotatable bonds is 5. The van der Waals surface area contributed by atoms with Gasteiger partial charge in [0.25, 0.3) is 0 Å². The highest BCUT2D eigenvalue weighted by Crippen LogP contribution is 2.10. The summed E-state index contributed by atoms with van der Waals surface area (Å²) in [6.07, 6.45) is 0. The summed E-state index contributed by atoms with van der Waals surface area (Å²) in [4.78, 5) is 0. The second-order valence-electron chi connectivity index (χ2n) is 4.13. The lowest BCUT2D eigenvalue weighted by molar-refractivity contribution is 0.373. The van der Waals surface area contributed by atoms with Crippen LogP contribution in [0.15, 0.2) is 6.07 Å². The Morgan fingerprint density at radius 3 is 2.61 bits per heavy atom. The van der Waals surface area contributed by atoms with E-state index in [-0.39, 0.29) is 0 Å². The number of hydrogen-bond donors (Lipinski definition) is 1. The standard InChI is InChI=1S/C11H18N6O/c1-8-13-14-10(16(8)2)7-12-6-9-5-11(18-4)17(3)15-9/h5,12H,6-7H2,1-4H3. The van der Waals surface area contributed by atoms with E-state index in [9.17, 15) is 0 Å². The Bertz CT molecular complexity index is 530. The number of methoxy groups -OCH3 is 1. The Morgan fingerprint density at radius 1 is 1.28 bits per heavy atom. The van der Waals surface area contributed by atoms with Gasteiger partial charge in [0, 0.05) is 26.7 Å². The van der Waals surface area contributed by atoms with E-state index in [4.69, 9.17) is 4.74 Å². The molecule has 0 radical (unpaired) electrons.